The van der Waals surface area contributed by atoms with Crippen LogP contribution < -0.4 is 9.30 Å². The molecule has 0 bridgehead atoms. The Morgan fingerprint density at radius 3 is 1.91 bits per heavy atom. The summed E-state index contributed by atoms with van der Waals surface area (Å²) >= 11 is 0. The van der Waals surface area contributed by atoms with Gasteiger partial charge in [-0.1, -0.05) is 178 Å². The van der Waals surface area contributed by atoms with Crippen LogP contribution >= 0.6 is 0 Å². The van der Waals surface area contributed by atoms with Crippen LogP contribution in [-0.2, 0) is 5.41 Å². The predicted molar refractivity (Wildman–Crippen MR) is 269 cm³/mol. The summed E-state index contributed by atoms with van der Waals surface area (Å²) in [7, 11) is 0. The lowest BCUT2D eigenvalue weighted by Crippen LogP contribution is -2.31. The number of aryl methyl sites for hydroxylation is 2. The van der Waals surface area contributed by atoms with Gasteiger partial charge in [-0.3, -0.25) is 9.13 Å². The largest absolute Gasteiger partial charge is 0.458 e. The van der Waals surface area contributed by atoms with Gasteiger partial charge in [0, 0.05) is 36.3 Å². The van der Waals surface area contributed by atoms with Crippen molar-refractivity contribution in [2.24, 2.45) is 0 Å². The molecule has 314 valence electrons. The van der Waals surface area contributed by atoms with Crippen molar-refractivity contribution < 1.29 is 31.2 Å². The fourth-order valence-corrected chi connectivity index (χ4v) is 8.73. The molecule has 4 heteroatoms. The van der Waals surface area contributed by atoms with Gasteiger partial charge >= 0.3 is 0 Å². The minimum absolute atomic E-state index is 0.0845. The van der Waals surface area contributed by atoms with Crippen molar-refractivity contribution in [3.05, 3.63) is 229 Å². The summed E-state index contributed by atoms with van der Waals surface area (Å²) in [4.78, 5) is 0. The number of fused-ring (bicyclic) bond motifs is 4. The van der Waals surface area contributed by atoms with Crippen molar-refractivity contribution >= 4 is 32.8 Å². The molecule has 9 aromatic carbocycles. The van der Waals surface area contributed by atoms with Crippen molar-refractivity contribution in [2.45, 2.75) is 39.9 Å². The summed E-state index contributed by atoms with van der Waals surface area (Å²) < 4.78 is 151. The maximum Gasteiger partial charge on any atom is 0.269 e. The third kappa shape index (κ3) is 7.08. The van der Waals surface area contributed by atoms with Crippen molar-refractivity contribution in [2.75, 3.05) is 0 Å². The Bertz CT molecular complexity index is 4240. The van der Waals surface area contributed by atoms with E-state index in [0.29, 0.717) is 44.8 Å². The first-order valence-corrected chi connectivity index (χ1v) is 21.1. The first-order valence-electron chi connectivity index (χ1n) is 29.1. The first-order chi connectivity index (χ1) is 38.3. The molecular weight excluding hydrogens is 791 g/mol. The number of rotatable bonds is 8. The lowest BCUT2D eigenvalue weighted by Gasteiger charge is -2.21. The molecule has 0 aliphatic rings. The van der Waals surface area contributed by atoms with Crippen LogP contribution in [0.1, 0.15) is 59.4 Å². The van der Waals surface area contributed by atoms with Crippen LogP contribution in [0.4, 0.5) is 0 Å². The number of nitrogens with zero attached hydrogens (tertiary/aromatic N) is 3. The zero-order chi connectivity index (χ0) is 57.9. The Morgan fingerprint density at radius 2 is 1.18 bits per heavy atom. The average Bonchev–Trinajstić information content (AvgIpc) is 4.24. The summed E-state index contributed by atoms with van der Waals surface area (Å²) in [6, 6.07) is 37.1. The fraction of sp³-hybridized carbons (Fsp3) is 0.0984. The van der Waals surface area contributed by atoms with Gasteiger partial charge in [0.05, 0.1) is 47.1 Å². The summed E-state index contributed by atoms with van der Waals surface area (Å²) in [5.74, 6) is 0.825. The van der Waals surface area contributed by atoms with Crippen molar-refractivity contribution in [1.82, 2.24) is 9.13 Å². The van der Waals surface area contributed by atoms with Crippen LogP contribution in [0.2, 0.25) is 0 Å². The Morgan fingerprint density at radius 1 is 0.554 bits per heavy atom. The van der Waals surface area contributed by atoms with Crippen molar-refractivity contribution in [1.29, 1.82) is 0 Å². The monoisotopic (exact) mass is 855 g/mol. The molecule has 0 saturated carbocycles. The van der Waals surface area contributed by atoms with Gasteiger partial charge in [0.15, 0.2) is 0 Å². The lowest BCUT2D eigenvalue weighted by molar-refractivity contribution is -0.571. The molecular formula is C61H49N3O. The summed E-state index contributed by atoms with van der Waals surface area (Å²) in [6.07, 6.45) is 3.42. The van der Waals surface area contributed by atoms with Gasteiger partial charge in [-0.2, -0.15) is 0 Å². The Hall–Kier alpha value is -7.95. The smallest absolute Gasteiger partial charge is 0.269 e. The van der Waals surface area contributed by atoms with Crippen LogP contribution in [0.15, 0.2) is 206 Å². The highest BCUT2D eigenvalue weighted by atomic mass is 16.5. The van der Waals surface area contributed by atoms with Crippen LogP contribution in [0.3, 0.4) is 0 Å². The van der Waals surface area contributed by atoms with E-state index in [4.69, 9.17) is 26.7 Å². The summed E-state index contributed by atoms with van der Waals surface area (Å²) in [5.41, 5.74) is 4.83. The summed E-state index contributed by atoms with van der Waals surface area (Å²) in [6.45, 7) is 1.02. The van der Waals surface area contributed by atoms with E-state index < -0.39 is 74.1 Å². The molecule has 0 fully saturated rings. The van der Waals surface area contributed by atoms with E-state index in [1.54, 1.807) is 69.8 Å². The average molecular weight is 856 g/mol. The second-order valence-electron chi connectivity index (χ2n) is 16.8. The molecule has 0 amide bonds. The predicted octanol–water partition coefficient (Wildman–Crippen LogP) is 15.5. The van der Waals surface area contributed by atoms with Crippen LogP contribution in [0.25, 0.3) is 83.3 Å². The molecule has 0 radical (unpaired) electrons. The van der Waals surface area contributed by atoms with Crippen LogP contribution in [0, 0.1) is 20.0 Å². The molecule has 2 heterocycles. The first kappa shape index (κ1) is 26.0. The van der Waals surface area contributed by atoms with Gasteiger partial charge in [0.1, 0.15) is 11.5 Å². The van der Waals surface area contributed by atoms with Gasteiger partial charge in [-0.05, 0) is 106 Å². The van der Waals surface area contributed by atoms with Gasteiger partial charge in [-0.15, -0.1) is 0 Å². The van der Waals surface area contributed by atoms with E-state index >= 15 is 0 Å². The minimum Gasteiger partial charge on any atom is -0.458 e. The quantitative estimate of drug-likeness (QED) is 0.110. The molecule has 65 heavy (non-hydrogen) atoms. The number of para-hydroxylation sites is 4. The highest BCUT2D eigenvalue weighted by Crippen LogP contribution is 2.42. The normalized spacial score (nSPS) is 15.7. The maximum absolute atomic E-state index is 9.06. The third-order valence-corrected chi connectivity index (χ3v) is 11.7. The van der Waals surface area contributed by atoms with E-state index in [1.165, 1.54) is 18.2 Å². The number of ether oxygens (including phenoxy) is 1. The number of hydrogen-bond donors (Lipinski definition) is 0. The zero-order valence-electron chi connectivity index (χ0n) is 51.6. The molecule has 0 N–H and O–H groups in total. The second kappa shape index (κ2) is 16.0. The number of hydrogen-bond acceptors (Lipinski definition) is 1. The Balaban J connectivity index is 1.11. The van der Waals surface area contributed by atoms with Crippen LogP contribution in [0.5, 0.6) is 11.5 Å². The fourth-order valence-electron chi connectivity index (χ4n) is 8.73. The molecule has 0 aliphatic heterocycles. The van der Waals surface area contributed by atoms with E-state index in [0.717, 1.165) is 22.0 Å². The molecule has 0 unspecified atom stereocenters. The van der Waals surface area contributed by atoms with E-state index in [1.807, 2.05) is 65.2 Å². The van der Waals surface area contributed by atoms with Gasteiger partial charge in [0.2, 0.25) is 0 Å². The molecule has 11 rings (SSSR count). The molecule has 0 saturated heterocycles. The number of aromatic nitrogens is 3. The van der Waals surface area contributed by atoms with Crippen molar-refractivity contribution in [3.8, 4) is 61.9 Å². The zero-order valence-corrected chi connectivity index (χ0v) is 35.6. The van der Waals surface area contributed by atoms with Gasteiger partial charge in [-0.25, -0.2) is 0 Å². The molecule has 0 aliphatic carbocycles. The topological polar surface area (TPSA) is 23.0 Å². The SMILES string of the molecule is [2H]c1c([2H])c([2H])c(-c2cccc(-c3c([2H])c([2H])c([2H])c([2H])c3[2H])c2-[n+]2[c-]n(-c3cccc(Oc4ccc5c6cccc(-c7c(C([2H])([2H])[2H])cccc7C([2H])([2H])[2H])c6n(-c6cccc(C(C)(C)C)c6)c5c4)c3)c3ccccc32)c([2H])c1[2H]. The highest BCUT2D eigenvalue weighted by Gasteiger charge is 2.23. The maximum atomic E-state index is 9.06. The van der Waals surface area contributed by atoms with Crippen molar-refractivity contribution in [3.63, 3.8) is 0 Å². The van der Waals surface area contributed by atoms with Gasteiger partial charge in [0.25, 0.3) is 6.33 Å². The third-order valence-electron chi connectivity index (χ3n) is 11.7. The molecule has 0 spiro atoms. The molecule has 2 aromatic heterocycles. The summed E-state index contributed by atoms with van der Waals surface area (Å²) in [5, 5.41) is 1.54. The second-order valence-corrected chi connectivity index (χ2v) is 16.8. The lowest BCUT2D eigenvalue weighted by atomic mass is 9.87. The van der Waals surface area contributed by atoms with E-state index in [9.17, 15) is 0 Å². The van der Waals surface area contributed by atoms with Crippen LogP contribution in [-0.4, -0.2) is 9.13 Å². The Labute approximate surface area is 403 Å². The molecule has 11 aromatic rings. The standard InChI is InChI=1S/C61H49N3O/c1-41-19-14-20-42(2)58(41)54-32-18-31-53-52-36-35-49(39-57(52)64(60(53)54)47-27-15-25-45(37-47)61(3,4)5)65-48-28-16-26-46(38-48)62-40-63(56-34-13-12-33-55(56)62)59-50(43-21-8-6-9-22-43)29-17-30-51(59)44-23-10-7-11-24-44/h6-39H,1-5H3/i1D3,2D3,6D,7D,8D,9D,10D,11D,21D,22D,23D,24D. The number of benzene rings is 9. The van der Waals surface area contributed by atoms with E-state index in [-0.39, 0.29) is 50.0 Å². The molecule has 0 atom stereocenters. The Kier molecular flexibility index (Phi) is 6.39. The van der Waals surface area contributed by atoms with E-state index in [2.05, 4.69) is 33.2 Å². The highest BCUT2D eigenvalue weighted by molar-refractivity contribution is 6.14. The molecule has 4 nitrogen and oxygen atoms in total. The van der Waals surface area contributed by atoms with Gasteiger partial charge < -0.3 is 9.30 Å². The number of imidazole rings is 1. The minimum atomic E-state index is -2.65.